The summed E-state index contributed by atoms with van der Waals surface area (Å²) in [5.41, 5.74) is 2.62. The Labute approximate surface area is 84.9 Å². The molecule has 1 aromatic carbocycles. The number of hydrogen-bond donors (Lipinski definition) is 2. The van der Waals surface area contributed by atoms with Gasteiger partial charge in [-0.2, -0.15) is 10.1 Å². The SMILES string of the molecule is Cn1nc2c(nc1=N)[nH]c1ccccc12. The molecule has 5 nitrogen and oxygen atoms in total. The van der Waals surface area contributed by atoms with Crippen molar-refractivity contribution in [3.05, 3.63) is 29.9 Å². The van der Waals surface area contributed by atoms with Crippen LogP contribution in [0.5, 0.6) is 0 Å². The van der Waals surface area contributed by atoms with E-state index in [1.807, 2.05) is 24.3 Å². The zero-order valence-corrected chi connectivity index (χ0v) is 8.15. The van der Waals surface area contributed by atoms with Crippen molar-refractivity contribution in [2.45, 2.75) is 0 Å². The summed E-state index contributed by atoms with van der Waals surface area (Å²) in [5, 5.41) is 12.9. The molecule has 0 aliphatic carbocycles. The molecule has 15 heavy (non-hydrogen) atoms. The van der Waals surface area contributed by atoms with Crippen molar-refractivity contribution in [1.29, 1.82) is 5.41 Å². The molecule has 0 bridgehead atoms. The number of para-hydroxylation sites is 1. The van der Waals surface area contributed by atoms with E-state index in [9.17, 15) is 0 Å². The molecule has 0 spiro atoms. The maximum absolute atomic E-state index is 7.54. The summed E-state index contributed by atoms with van der Waals surface area (Å²) >= 11 is 0. The van der Waals surface area contributed by atoms with Crippen molar-refractivity contribution < 1.29 is 0 Å². The summed E-state index contributed by atoms with van der Waals surface area (Å²) in [5.74, 6) is 0. The van der Waals surface area contributed by atoms with Crippen LogP contribution < -0.4 is 5.62 Å². The summed E-state index contributed by atoms with van der Waals surface area (Å²) in [6, 6.07) is 7.89. The number of H-pyrrole nitrogens is 1. The first-order valence-corrected chi connectivity index (χ1v) is 4.62. The Morgan fingerprint density at radius 2 is 2.13 bits per heavy atom. The lowest BCUT2D eigenvalue weighted by Crippen LogP contribution is -2.22. The molecule has 5 heteroatoms. The van der Waals surface area contributed by atoms with Crippen LogP contribution >= 0.6 is 0 Å². The Morgan fingerprint density at radius 1 is 1.33 bits per heavy atom. The Bertz CT molecular complexity index is 706. The van der Waals surface area contributed by atoms with Crippen LogP contribution in [0.2, 0.25) is 0 Å². The molecule has 0 aliphatic rings. The zero-order valence-electron chi connectivity index (χ0n) is 8.15. The Morgan fingerprint density at radius 3 is 3.00 bits per heavy atom. The van der Waals surface area contributed by atoms with E-state index in [-0.39, 0.29) is 5.62 Å². The molecule has 74 valence electrons. The van der Waals surface area contributed by atoms with Gasteiger partial charge in [-0.3, -0.25) is 5.41 Å². The summed E-state index contributed by atoms with van der Waals surface area (Å²) in [4.78, 5) is 7.26. The highest BCUT2D eigenvalue weighted by Crippen LogP contribution is 2.19. The fourth-order valence-electron chi connectivity index (χ4n) is 1.67. The maximum Gasteiger partial charge on any atom is 0.240 e. The maximum atomic E-state index is 7.54. The van der Waals surface area contributed by atoms with Gasteiger partial charge in [0.05, 0.1) is 0 Å². The minimum atomic E-state index is 0.147. The van der Waals surface area contributed by atoms with Gasteiger partial charge in [-0.25, -0.2) is 4.68 Å². The number of aromatic nitrogens is 4. The number of aryl methyl sites for hydroxylation is 1. The largest absolute Gasteiger partial charge is 0.338 e. The van der Waals surface area contributed by atoms with Crippen molar-refractivity contribution in [1.82, 2.24) is 19.7 Å². The number of nitrogens with zero attached hydrogens (tertiary/aromatic N) is 3. The van der Waals surface area contributed by atoms with Crippen LogP contribution in [0, 0.1) is 5.41 Å². The monoisotopic (exact) mass is 199 g/mol. The van der Waals surface area contributed by atoms with Crippen LogP contribution in [-0.4, -0.2) is 19.7 Å². The van der Waals surface area contributed by atoms with Gasteiger partial charge in [0.1, 0.15) is 5.52 Å². The second-order valence-corrected chi connectivity index (χ2v) is 3.43. The standard InChI is InChI=1S/C10H9N5/c1-15-10(11)13-9-8(14-15)6-4-2-3-5-7(6)12-9/h2-5H,1H3,(H2,11,12,13). The highest BCUT2D eigenvalue weighted by Gasteiger charge is 2.06. The third kappa shape index (κ3) is 1.06. The van der Waals surface area contributed by atoms with Crippen molar-refractivity contribution in [3.8, 4) is 0 Å². The number of hydrogen-bond acceptors (Lipinski definition) is 3. The van der Waals surface area contributed by atoms with E-state index in [1.54, 1.807) is 7.05 Å². The lowest BCUT2D eigenvalue weighted by atomic mass is 10.2. The quantitative estimate of drug-likeness (QED) is 0.565. The molecule has 2 N–H and O–H groups in total. The van der Waals surface area contributed by atoms with E-state index in [0.29, 0.717) is 5.65 Å². The number of benzene rings is 1. The van der Waals surface area contributed by atoms with Gasteiger partial charge >= 0.3 is 0 Å². The second-order valence-electron chi connectivity index (χ2n) is 3.43. The zero-order chi connectivity index (χ0) is 10.4. The molecule has 0 aliphatic heterocycles. The van der Waals surface area contributed by atoms with Crippen LogP contribution in [-0.2, 0) is 7.05 Å². The first-order chi connectivity index (χ1) is 7.25. The average Bonchev–Trinajstić information content (AvgIpc) is 2.57. The van der Waals surface area contributed by atoms with Crippen molar-refractivity contribution in [2.24, 2.45) is 7.05 Å². The van der Waals surface area contributed by atoms with Gasteiger partial charge in [-0.05, 0) is 6.07 Å². The number of nitrogens with one attached hydrogen (secondary N) is 2. The molecule has 0 saturated carbocycles. The fourth-order valence-corrected chi connectivity index (χ4v) is 1.67. The smallest absolute Gasteiger partial charge is 0.240 e. The van der Waals surface area contributed by atoms with E-state index < -0.39 is 0 Å². The van der Waals surface area contributed by atoms with E-state index in [0.717, 1.165) is 16.4 Å². The van der Waals surface area contributed by atoms with Crippen molar-refractivity contribution in [2.75, 3.05) is 0 Å². The summed E-state index contributed by atoms with van der Waals surface area (Å²) in [7, 11) is 1.72. The number of fused-ring (bicyclic) bond motifs is 3. The normalized spacial score (nSPS) is 11.3. The predicted molar refractivity (Wildman–Crippen MR) is 56.2 cm³/mol. The molecular formula is C10H9N5. The Hall–Kier alpha value is -2.17. The van der Waals surface area contributed by atoms with E-state index in [2.05, 4.69) is 15.1 Å². The second kappa shape index (κ2) is 2.66. The van der Waals surface area contributed by atoms with Gasteiger partial charge in [0.15, 0.2) is 5.65 Å². The third-order valence-corrected chi connectivity index (χ3v) is 2.43. The first kappa shape index (κ1) is 8.16. The molecule has 2 heterocycles. The molecular weight excluding hydrogens is 190 g/mol. The highest BCUT2D eigenvalue weighted by atomic mass is 15.3. The van der Waals surface area contributed by atoms with Crippen LogP contribution in [0.4, 0.5) is 0 Å². The van der Waals surface area contributed by atoms with Gasteiger partial charge in [0.25, 0.3) is 0 Å². The van der Waals surface area contributed by atoms with Gasteiger partial charge in [-0.1, -0.05) is 18.2 Å². The van der Waals surface area contributed by atoms with Crippen LogP contribution in [0.1, 0.15) is 0 Å². The molecule has 0 unspecified atom stereocenters. The number of aromatic amines is 1. The molecule has 0 atom stereocenters. The molecule has 3 aromatic rings. The van der Waals surface area contributed by atoms with Crippen LogP contribution in [0.25, 0.3) is 22.1 Å². The van der Waals surface area contributed by atoms with Crippen LogP contribution in [0.3, 0.4) is 0 Å². The van der Waals surface area contributed by atoms with Gasteiger partial charge < -0.3 is 4.98 Å². The average molecular weight is 199 g/mol. The summed E-state index contributed by atoms with van der Waals surface area (Å²) in [6.07, 6.45) is 0. The minimum absolute atomic E-state index is 0.147. The lowest BCUT2D eigenvalue weighted by molar-refractivity contribution is 0.666. The van der Waals surface area contributed by atoms with E-state index >= 15 is 0 Å². The first-order valence-electron chi connectivity index (χ1n) is 4.62. The predicted octanol–water partition coefficient (Wildman–Crippen LogP) is 0.929. The van der Waals surface area contributed by atoms with Gasteiger partial charge in [-0.15, -0.1) is 0 Å². The minimum Gasteiger partial charge on any atom is -0.338 e. The van der Waals surface area contributed by atoms with Gasteiger partial charge in [0, 0.05) is 18.0 Å². The molecule has 2 aromatic heterocycles. The molecule has 0 fully saturated rings. The fraction of sp³-hybridized carbons (Fsp3) is 0.100. The Balaban J connectivity index is 2.61. The van der Waals surface area contributed by atoms with Gasteiger partial charge in [0.2, 0.25) is 5.62 Å². The summed E-state index contributed by atoms with van der Waals surface area (Å²) < 4.78 is 1.46. The van der Waals surface area contributed by atoms with E-state index in [1.165, 1.54) is 4.68 Å². The van der Waals surface area contributed by atoms with Crippen LogP contribution in [0.15, 0.2) is 24.3 Å². The topological polar surface area (TPSA) is 70.3 Å². The number of rotatable bonds is 0. The molecule has 0 saturated heterocycles. The molecule has 0 radical (unpaired) electrons. The molecule has 0 amide bonds. The third-order valence-electron chi connectivity index (χ3n) is 2.43. The summed E-state index contributed by atoms with van der Waals surface area (Å²) in [6.45, 7) is 0. The molecule has 3 rings (SSSR count). The van der Waals surface area contributed by atoms with Crippen molar-refractivity contribution >= 4 is 22.1 Å². The highest BCUT2D eigenvalue weighted by molar-refractivity contribution is 6.02. The van der Waals surface area contributed by atoms with Crippen molar-refractivity contribution in [3.63, 3.8) is 0 Å². The Kier molecular flexibility index (Phi) is 1.45. The van der Waals surface area contributed by atoms with E-state index in [4.69, 9.17) is 5.41 Å². The lowest BCUT2D eigenvalue weighted by Gasteiger charge is -1.95.